The SMILES string of the molecule is CCCCN(CCO)S(=O)(=O)c1ccc(CNC)cc1. The van der Waals surface area contributed by atoms with Crippen LogP contribution in [0.15, 0.2) is 29.2 Å². The minimum atomic E-state index is -3.51. The third-order valence-electron chi connectivity index (χ3n) is 3.05. The highest BCUT2D eigenvalue weighted by Gasteiger charge is 2.23. The van der Waals surface area contributed by atoms with Gasteiger partial charge in [0.25, 0.3) is 0 Å². The van der Waals surface area contributed by atoms with Crippen LogP contribution >= 0.6 is 0 Å². The van der Waals surface area contributed by atoms with E-state index >= 15 is 0 Å². The van der Waals surface area contributed by atoms with E-state index in [4.69, 9.17) is 5.11 Å². The Morgan fingerprint density at radius 3 is 2.35 bits per heavy atom. The third-order valence-corrected chi connectivity index (χ3v) is 4.97. The van der Waals surface area contributed by atoms with Gasteiger partial charge in [-0.05, 0) is 31.2 Å². The number of unbranched alkanes of at least 4 members (excludes halogenated alkanes) is 1. The fraction of sp³-hybridized carbons (Fsp3) is 0.571. The van der Waals surface area contributed by atoms with Crippen LogP contribution in [0.1, 0.15) is 25.3 Å². The summed E-state index contributed by atoms with van der Waals surface area (Å²) < 4.78 is 26.3. The molecule has 20 heavy (non-hydrogen) atoms. The first-order chi connectivity index (χ1) is 9.56. The van der Waals surface area contributed by atoms with Crippen molar-refractivity contribution in [2.24, 2.45) is 0 Å². The number of nitrogens with zero attached hydrogens (tertiary/aromatic N) is 1. The van der Waals surface area contributed by atoms with Gasteiger partial charge in [0, 0.05) is 19.6 Å². The number of nitrogens with one attached hydrogen (secondary N) is 1. The predicted octanol–water partition coefficient (Wildman–Crippen LogP) is 1.19. The molecule has 6 heteroatoms. The van der Waals surface area contributed by atoms with Gasteiger partial charge in [-0.3, -0.25) is 0 Å². The van der Waals surface area contributed by atoms with Crippen molar-refractivity contribution in [2.75, 3.05) is 26.7 Å². The molecule has 0 fully saturated rings. The van der Waals surface area contributed by atoms with Crippen LogP contribution in [0.25, 0.3) is 0 Å². The van der Waals surface area contributed by atoms with Gasteiger partial charge in [-0.2, -0.15) is 4.31 Å². The highest BCUT2D eigenvalue weighted by atomic mass is 32.2. The van der Waals surface area contributed by atoms with Crippen LogP contribution in [0.3, 0.4) is 0 Å². The lowest BCUT2D eigenvalue weighted by Gasteiger charge is -2.21. The van der Waals surface area contributed by atoms with Crippen molar-refractivity contribution in [3.05, 3.63) is 29.8 Å². The molecule has 1 aromatic carbocycles. The van der Waals surface area contributed by atoms with E-state index in [9.17, 15) is 8.42 Å². The quantitative estimate of drug-likeness (QED) is 0.719. The third kappa shape index (κ3) is 4.56. The molecule has 0 bridgehead atoms. The largest absolute Gasteiger partial charge is 0.395 e. The number of rotatable bonds is 9. The Morgan fingerprint density at radius 1 is 1.20 bits per heavy atom. The van der Waals surface area contributed by atoms with Crippen LogP contribution < -0.4 is 5.32 Å². The van der Waals surface area contributed by atoms with E-state index in [0.717, 1.165) is 18.4 Å². The summed E-state index contributed by atoms with van der Waals surface area (Å²) in [7, 11) is -1.67. The van der Waals surface area contributed by atoms with Crippen LogP contribution in [-0.2, 0) is 16.6 Å². The van der Waals surface area contributed by atoms with Crippen LogP contribution in [0.2, 0.25) is 0 Å². The second-order valence-electron chi connectivity index (χ2n) is 4.66. The molecule has 1 rings (SSSR count). The van der Waals surface area contributed by atoms with Gasteiger partial charge in [0.2, 0.25) is 10.0 Å². The molecule has 0 radical (unpaired) electrons. The van der Waals surface area contributed by atoms with Crippen molar-refractivity contribution in [3.8, 4) is 0 Å². The Hall–Kier alpha value is -0.950. The Kier molecular flexibility index (Phi) is 7.15. The first kappa shape index (κ1) is 17.1. The summed E-state index contributed by atoms with van der Waals surface area (Å²) in [4.78, 5) is 0.280. The maximum atomic E-state index is 12.5. The predicted molar refractivity (Wildman–Crippen MR) is 80.0 cm³/mol. The van der Waals surface area contributed by atoms with Crippen LogP contribution in [0.4, 0.5) is 0 Å². The summed E-state index contributed by atoms with van der Waals surface area (Å²) >= 11 is 0. The molecule has 0 aliphatic carbocycles. The highest BCUT2D eigenvalue weighted by Crippen LogP contribution is 2.17. The summed E-state index contributed by atoms with van der Waals surface area (Å²) in [6, 6.07) is 6.86. The average Bonchev–Trinajstić information content (AvgIpc) is 2.44. The summed E-state index contributed by atoms with van der Waals surface area (Å²) in [5.74, 6) is 0. The lowest BCUT2D eigenvalue weighted by Crippen LogP contribution is -2.34. The van der Waals surface area contributed by atoms with Crippen molar-refractivity contribution >= 4 is 10.0 Å². The van der Waals surface area contributed by atoms with E-state index in [2.05, 4.69) is 5.32 Å². The molecule has 0 spiro atoms. The molecular formula is C14H24N2O3S. The molecule has 0 saturated heterocycles. The summed E-state index contributed by atoms with van der Waals surface area (Å²) in [6.07, 6.45) is 1.70. The molecule has 2 N–H and O–H groups in total. The molecule has 114 valence electrons. The van der Waals surface area contributed by atoms with Gasteiger partial charge in [0.1, 0.15) is 0 Å². The smallest absolute Gasteiger partial charge is 0.243 e. The monoisotopic (exact) mass is 300 g/mol. The van der Waals surface area contributed by atoms with Crippen molar-refractivity contribution < 1.29 is 13.5 Å². The van der Waals surface area contributed by atoms with Gasteiger partial charge in [0.05, 0.1) is 11.5 Å². The molecule has 0 heterocycles. The molecule has 0 amide bonds. The average molecular weight is 300 g/mol. The molecular weight excluding hydrogens is 276 g/mol. The molecule has 1 aromatic rings. The van der Waals surface area contributed by atoms with Crippen molar-refractivity contribution in [3.63, 3.8) is 0 Å². The number of sulfonamides is 1. The Balaban J connectivity index is 2.93. The first-order valence-electron chi connectivity index (χ1n) is 6.90. The molecule has 0 aromatic heterocycles. The van der Waals surface area contributed by atoms with E-state index in [0.29, 0.717) is 13.1 Å². The van der Waals surface area contributed by atoms with E-state index < -0.39 is 10.0 Å². The van der Waals surface area contributed by atoms with E-state index in [1.807, 2.05) is 14.0 Å². The fourth-order valence-corrected chi connectivity index (χ4v) is 3.40. The minimum Gasteiger partial charge on any atom is -0.395 e. The van der Waals surface area contributed by atoms with Crippen molar-refractivity contribution in [1.82, 2.24) is 9.62 Å². The number of aliphatic hydroxyl groups excluding tert-OH is 1. The maximum absolute atomic E-state index is 12.5. The first-order valence-corrected chi connectivity index (χ1v) is 8.34. The lowest BCUT2D eigenvalue weighted by molar-refractivity contribution is 0.252. The second kappa shape index (κ2) is 8.36. The normalized spacial score (nSPS) is 12.0. The van der Waals surface area contributed by atoms with Gasteiger partial charge in [-0.15, -0.1) is 0 Å². The summed E-state index contributed by atoms with van der Waals surface area (Å²) in [5.41, 5.74) is 1.04. The Labute approximate surface area is 121 Å². The Morgan fingerprint density at radius 2 is 1.85 bits per heavy atom. The van der Waals surface area contributed by atoms with Gasteiger partial charge in [-0.25, -0.2) is 8.42 Å². The standard InChI is InChI=1S/C14H24N2O3S/c1-3-4-9-16(10-11-17)20(18,19)14-7-5-13(6-8-14)12-15-2/h5-8,15,17H,3-4,9-12H2,1-2H3. The summed E-state index contributed by atoms with van der Waals surface area (Å²) in [6.45, 7) is 3.13. The second-order valence-corrected chi connectivity index (χ2v) is 6.59. The van der Waals surface area contributed by atoms with Gasteiger partial charge in [0.15, 0.2) is 0 Å². The molecule has 0 aliphatic heterocycles. The molecule has 0 saturated carbocycles. The van der Waals surface area contributed by atoms with Crippen molar-refractivity contribution in [2.45, 2.75) is 31.2 Å². The molecule has 5 nitrogen and oxygen atoms in total. The van der Waals surface area contributed by atoms with E-state index in [-0.39, 0.29) is 18.0 Å². The van der Waals surface area contributed by atoms with E-state index in [1.165, 1.54) is 4.31 Å². The summed E-state index contributed by atoms with van der Waals surface area (Å²) in [5, 5.41) is 12.1. The minimum absolute atomic E-state index is 0.139. The number of aliphatic hydroxyl groups is 1. The van der Waals surface area contributed by atoms with Crippen molar-refractivity contribution in [1.29, 1.82) is 0 Å². The topological polar surface area (TPSA) is 69.6 Å². The lowest BCUT2D eigenvalue weighted by atomic mass is 10.2. The molecule has 0 unspecified atom stereocenters. The zero-order valence-electron chi connectivity index (χ0n) is 12.2. The Bertz CT molecular complexity index is 486. The van der Waals surface area contributed by atoms with Crippen LogP contribution in [-0.4, -0.2) is 44.6 Å². The zero-order valence-corrected chi connectivity index (χ0v) is 13.0. The van der Waals surface area contributed by atoms with E-state index in [1.54, 1.807) is 24.3 Å². The molecule has 0 aliphatic rings. The van der Waals surface area contributed by atoms with Gasteiger partial charge >= 0.3 is 0 Å². The van der Waals surface area contributed by atoms with Gasteiger partial charge in [-0.1, -0.05) is 25.5 Å². The van der Waals surface area contributed by atoms with Crippen LogP contribution in [0, 0.1) is 0 Å². The number of hydrogen-bond acceptors (Lipinski definition) is 4. The number of benzene rings is 1. The maximum Gasteiger partial charge on any atom is 0.243 e. The molecule has 0 atom stereocenters. The van der Waals surface area contributed by atoms with Crippen LogP contribution in [0.5, 0.6) is 0 Å². The fourth-order valence-electron chi connectivity index (χ4n) is 1.93. The zero-order chi connectivity index (χ0) is 15.0. The highest BCUT2D eigenvalue weighted by molar-refractivity contribution is 7.89. The number of hydrogen-bond donors (Lipinski definition) is 2. The van der Waals surface area contributed by atoms with Gasteiger partial charge < -0.3 is 10.4 Å².